The van der Waals surface area contributed by atoms with Crippen molar-refractivity contribution in [1.82, 2.24) is 4.90 Å². The Morgan fingerprint density at radius 2 is 1.61 bits per heavy atom. The van der Waals surface area contributed by atoms with Crippen LogP contribution in [0, 0.1) is 0 Å². The number of nitrogens with zero attached hydrogens (tertiary/aromatic N) is 2. The highest BCUT2D eigenvalue weighted by Gasteiger charge is 2.42. The average Bonchev–Trinajstić information content (AvgIpc) is 3.33. The summed E-state index contributed by atoms with van der Waals surface area (Å²) in [5.41, 5.74) is 3.04. The van der Waals surface area contributed by atoms with Crippen molar-refractivity contribution in [3.63, 3.8) is 0 Å². The summed E-state index contributed by atoms with van der Waals surface area (Å²) in [6.45, 7) is 1.32. The van der Waals surface area contributed by atoms with Crippen molar-refractivity contribution in [2.45, 2.75) is 32.0 Å². The summed E-state index contributed by atoms with van der Waals surface area (Å²) in [5, 5.41) is 0. The Balaban J connectivity index is 1.58. The lowest BCUT2D eigenvalue weighted by molar-refractivity contribution is -0.122. The van der Waals surface area contributed by atoms with Gasteiger partial charge >= 0.3 is 0 Å². The molecule has 0 N–H and O–H groups in total. The largest absolute Gasteiger partial charge is 0.493 e. The third kappa shape index (κ3) is 4.04. The molecule has 0 saturated carbocycles. The molecule has 2 amide bonds. The first kappa shape index (κ1) is 21.1. The van der Waals surface area contributed by atoms with Crippen molar-refractivity contribution in [1.29, 1.82) is 0 Å². The summed E-state index contributed by atoms with van der Waals surface area (Å²) in [5.74, 6) is 0.788. The maximum Gasteiger partial charge on any atom is 0.256 e. The Morgan fingerprint density at radius 3 is 2.30 bits per heavy atom. The first-order valence-electron chi connectivity index (χ1n) is 11.2. The van der Waals surface area contributed by atoms with Crippen LogP contribution in [-0.4, -0.2) is 36.4 Å². The minimum absolute atomic E-state index is 0.0531. The van der Waals surface area contributed by atoms with Crippen LogP contribution in [0.5, 0.6) is 11.5 Å². The van der Waals surface area contributed by atoms with Gasteiger partial charge in [0.25, 0.3) is 5.91 Å². The predicted octanol–water partition coefficient (Wildman–Crippen LogP) is 4.43. The third-order valence-corrected chi connectivity index (χ3v) is 6.29. The van der Waals surface area contributed by atoms with Gasteiger partial charge in [-0.15, -0.1) is 0 Å². The molecule has 33 heavy (non-hydrogen) atoms. The van der Waals surface area contributed by atoms with E-state index in [1.165, 1.54) is 0 Å². The van der Waals surface area contributed by atoms with Crippen LogP contribution in [-0.2, 0) is 17.9 Å². The number of hydrogen-bond acceptors (Lipinski definition) is 4. The average molecular weight is 443 g/mol. The maximum atomic E-state index is 13.6. The van der Waals surface area contributed by atoms with Gasteiger partial charge in [0, 0.05) is 12.6 Å². The van der Waals surface area contributed by atoms with E-state index >= 15 is 0 Å². The molecule has 5 rings (SSSR count). The van der Waals surface area contributed by atoms with Crippen LogP contribution in [0.4, 0.5) is 5.69 Å². The second kappa shape index (κ2) is 8.98. The SMILES string of the molecule is COc1cc2c(cc1OCc1ccccc1)N(Cc1ccccc1)C(=O)[C@@H]1CCCN1C2=O. The van der Waals surface area contributed by atoms with Crippen molar-refractivity contribution in [3.05, 3.63) is 89.5 Å². The molecule has 0 aromatic heterocycles. The Hall–Kier alpha value is -3.80. The standard InChI is InChI=1S/C27H26N2O4/c1-32-24-15-21-23(16-25(24)33-18-20-11-6-3-7-12-20)29(17-19-9-4-2-5-10-19)27(31)22-13-8-14-28(22)26(21)30/h2-7,9-12,15-16,22H,8,13-14,17-18H2,1H3/t22-/m0/s1. The number of carbonyl (C=O) groups excluding carboxylic acids is 2. The smallest absolute Gasteiger partial charge is 0.256 e. The molecule has 0 spiro atoms. The number of ether oxygens (including phenoxy) is 2. The zero-order valence-electron chi connectivity index (χ0n) is 18.6. The maximum absolute atomic E-state index is 13.6. The van der Waals surface area contributed by atoms with Crippen LogP contribution in [0.25, 0.3) is 0 Å². The molecule has 0 aliphatic carbocycles. The van der Waals surface area contributed by atoms with Crippen LogP contribution in [0.1, 0.15) is 34.3 Å². The van der Waals surface area contributed by atoms with E-state index in [9.17, 15) is 9.59 Å². The first-order valence-corrected chi connectivity index (χ1v) is 11.2. The fraction of sp³-hybridized carbons (Fsp3) is 0.259. The van der Waals surface area contributed by atoms with Crippen molar-refractivity contribution in [2.75, 3.05) is 18.6 Å². The molecule has 1 saturated heterocycles. The Bertz CT molecular complexity index is 1160. The number of rotatable bonds is 6. The fourth-order valence-electron chi connectivity index (χ4n) is 4.60. The number of methoxy groups -OCH3 is 1. The topological polar surface area (TPSA) is 59.1 Å². The minimum Gasteiger partial charge on any atom is -0.493 e. The summed E-state index contributed by atoms with van der Waals surface area (Å²) in [4.78, 5) is 30.5. The number of carbonyl (C=O) groups is 2. The molecule has 2 aliphatic rings. The Labute approximate surface area is 193 Å². The van der Waals surface area contributed by atoms with E-state index in [1.807, 2.05) is 60.7 Å². The molecule has 3 aromatic carbocycles. The number of anilines is 1. The van der Waals surface area contributed by atoms with Crippen molar-refractivity contribution >= 4 is 17.5 Å². The fourth-order valence-corrected chi connectivity index (χ4v) is 4.60. The van der Waals surface area contributed by atoms with Gasteiger partial charge in [-0.25, -0.2) is 0 Å². The molecule has 6 nitrogen and oxygen atoms in total. The van der Waals surface area contributed by atoms with E-state index in [1.54, 1.807) is 29.0 Å². The van der Waals surface area contributed by atoms with Gasteiger partial charge in [0.05, 0.1) is 24.9 Å². The van der Waals surface area contributed by atoms with Crippen LogP contribution >= 0.6 is 0 Å². The summed E-state index contributed by atoms with van der Waals surface area (Å²) >= 11 is 0. The number of amides is 2. The lowest BCUT2D eigenvalue weighted by Gasteiger charge is -2.26. The molecular weight excluding hydrogens is 416 g/mol. The second-order valence-corrected chi connectivity index (χ2v) is 8.36. The first-order chi connectivity index (χ1) is 16.2. The van der Waals surface area contributed by atoms with E-state index in [2.05, 4.69) is 0 Å². The predicted molar refractivity (Wildman–Crippen MR) is 125 cm³/mol. The summed E-state index contributed by atoms with van der Waals surface area (Å²) in [7, 11) is 1.56. The zero-order valence-corrected chi connectivity index (χ0v) is 18.6. The second-order valence-electron chi connectivity index (χ2n) is 8.36. The van der Waals surface area contributed by atoms with Crippen LogP contribution in [0.2, 0.25) is 0 Å². The lowest BCUT2D eigenvalue weighted by Crippen LogP contribution is -2.44. The normalized spacial score (nSPS) is 17.4. The summed E-state index contributed by atoms with van der Waals surface area (Å²) < 4.78 is 11.7. The Morgan fingerprint density at radius 1 is 0.909 bits per heavy atom. The minimum atomic E-state index is -0.437. The van der Waals surface area contributed by atoms with Crippen LogP contribution < -0.4 is 14.4 Å². The molecule has 0 bridgehead atoms. The van der Waals surface area contributed by atoms with E-state index in [4.69, 9.17) is 9.47 Å². The number of fused-ring (bicyclic) bond motifs is 2. The van der Waals surface area contributed by atoms with Gasteiger partial charge in [-0.3, -0.25) is 9.59 Å². The van der Waals surface area contributed by atoms with Gasteiger partial charge in [-0.1, -0.05) is 60.7 Å². The molecule has 0 radical (unpaired) electrons. The van der Waals surface area contributed by atoms with Gasteiger partial charge in [0.2, 0.25) is 5.91 Å². The molecule has 6 heteroatoms. The summed E-state index contributed by atoms with van der Waals surface area (Å²) in [6.07, 6.45) is 1.50. The van der Waals surface area contributed by atoms with Crippen molar-refractivity contribution in [3.8, 4) is 11.5 Å². The molecule has 2 heterocycles. The quantitative estimate of drug-likeness (QED) is 0.567. The molecule has 3 aromatic rings. The van der Waals surface area contributed by atoms with Gasteiger partial charge < -0.3 is 19.3 Å². The molecule has 1 atom stereocenters. The van der Waals surface area contributed by atoms with Gasteiger partial charge in [0.15, 0.2) is 11.5 Å². The Kier molecular flexibility index (Phi) is 5.73. The van der Waals surface area contributed by atoms with Crippen LogP contribution in [0.15, 0.2) is 72.8 Å². The molecular formula is C27H26N2O4. The van der Waals surface area contributed by atoms with E-state index < -0.39 is 6.04 Å². The summed E-state index contributed by atoms with van der Waals surface area (Å²) in [6, 6.07) is 22.7. The molecule has 168 valence electrons. The number of benzene rings is 3. The van der Waals surface area contributed by atoms with E-state index in [0.29, 0.717) is 48.9 Å². The van der Waals surface area contributed by atoms with Crippen LogP contribution in [0.3, 0.4) is 0 Å². The van der Waals surface area contributed by atoms with Gasteiger partial charge in [-0.05, 0) is 30.0 Å². The van der Waals surface area contributed by atoms with Gasteiger partial charge in [-0.2, -0.15) is 0 Å². The zero-order chi connectivity index (χ0) is 22.8. The van der Waals surface area contributed by atoms with E-state index in [-0.39, 0.29) is 11.8 Å². The van der Waals surface area contributed by atoms with Gasteiger partial charge in [0.1, 0.15) is 12.6 Å². The molecule has 2 aliphatic heterocycles. The highest BCUT2D eigenvalue weighted by Crippen LogP contribution is 2.40. The molecule has 1 fully saturated rings. The molecule has 0 unspecified atom stereocenters. The third-order valence-electron chi connectivity index (χ3n) is 6.29. The van der Waals surface area contributed by atoms with Crippen molar-refractivity contribution in [2.24, 2.45) is 0 Å². The highest BCUT2D eigenvalue weighted by atomic mass is 16.5. The monoisotopic (exact) mass is 442 g/mol. The lowest BCUT2D eigenvalue weighted by atomic mass is 10.1. The number of hydrogen-bond donors (Lipinski definition) is 0. The highest BCUT2D eigenvalue weighted by molar-refractivity contribution is 6.11. The van der Waals surface area contributed by atoms with Crippen molar-refractivity contribution < 1.29 is 19.1 Å². The van der Waals surface area contributed by atoms with E-state index in [0.717, 1.165) is 17.5 Å².